The number of carbonyl (C=O) groups excluding carboxylic acids is 2. The maximum absolute atomic E-state index is 12.7. The van der Waals surface area contributed by atoms with E-state index in [-0.39, 0.29) is 17.2 Å². The van der Waals surface area contributed by atoms with Crippen molar-refractivity contribution in [3.63, 3.8) is 0 Å². The van der Waals surface area contributed by atoms with Gasteiger partial charge in [0.2, 0.25) is 5.91 Å². The van der Waals surface area contributed by atoms with E-state index < -0.39 is 0 Å². The molecular formula is C22H28N4O2. The number of amides is 2. The van der Waals surface area contributed by atoms with Crippen molar-refractivity contribution in [3.8, 4) is 0 Å². The number of nitrogens with one attached hydrogen (secondary N) is 1. The zero-order chi connectivity index (χ0) is 20.3. The quantitative estimate of drug-likeness (QED) is 0.887. The number of hydrogen-bond acceptors (Lipinski definition) is 4. The summed E-state index contributed by atoms with van der Waals surface area (Å²) in [6, 6.07) is 11.5. The van der Waals surface area contributed by atoms with Crippen molar-refractivity contribution in [2.75, 3.05) is 36.4 Å². The number of anilines is 2. The van der Waals surface area contributed by atoms with Crippen LogP contribution in [0.5, 0.6) is 0 Å². The highest BCUT2D eigenvalue weighted by molar-refractivity contribution is 6.03. The molecule has 28 heavy (non-hydrogen) atoms. The van der Waals surface area contributed by atoms with Gasteiger partial charge < -0.3 is 15.1 Å². The molecule has 1 aromatic heterocycles. The number of aromatic nitrogens is 1. The molecule has 0 atom stereocenters. The molecule has 6 heteroatoms. The predicted octanol–water partition coefficient (Wildman–Crippen LogP) is 3.30. The van der Waals surface area contributed by atoms with Crippen molar-refractivity contribution in [2.45, 2.75) is 33.1 Å². The van der Waals surface area contributed by atoms with Crippen LogP contribution in [0.15, 0.2) is 42.6 Å². The molecule has 3 rings (SSSR count). The smallest absolute Gasteiger partial charge is 0.274 e. The molecule has 6 nitrogen and oxygen atoms in total. The molecule has 0 unspecified atom stereocenters. The van der Waals surface area contributed by atoms with Gasteiger partial charge in [-0.25, -0.2) is 4.98 Å². The van der Waals surface area contributed by atoms with Gasteiger partial charge in [-0.1, -0.05) is 39.0 Å². The number of carbonyl (C=O) groups is 2. The summed E-state index contributed by atoms with van der Waals surface area (Å²) in [4.78, 5) is 32.5. The Labute approximate surface area is 166 Å². The number of pyridine rings is 1. The maximum atomic E-state index is 12.7. The highest BCUT2D eigenvalue weighted by atomic mass is 16.2. The van der Waals surface area contributed by atoms with Gasteiger partial charge in [-0.05, 0) is 29.2 Å². The normalized spacial score (nSPS) is 14.7. The van der Waals surface area contributed by atoms with E-state index in [0.29, 0.717) is 18.8 Å². The molecule has 1 fully saturated rings. The first-order chi connectivity index (χ1) is 13.3. The molecule has 0 radical (unpaired) electrons. The Bertz CT molecular complexity index is 848. The van der Waals surface area contributed by atoms with Crippen molar-refractivity contribution in [1.82, 2.24) is 9.88 Å². The first kappa shape index (κ1) is 19.9. The minimum atomic E-state index is -0.218. The summed E-state index contributed by atoms with van der Waals surface area (Å²) in [5.74, 6) is -0.106. The highest BCUT2D eigenvalue weighted by Crippen LogP contribution is 2.29. The van der Waals surface area contributed by atoms with Gasteiger partial charge in [0, 0.05) is 38.8 Å². The van der Waals surface area contributed by atoms with Gasteiger partial charge in [-0.15, -0.1) is 0 Å². The molecule has 1 aromatic carbocycles. The van der Waals surface area contributed by atoms with E-state index >= 15 is 0 Å². The van der Waals surface area contributed by atoms with Crippen LogP contribution in [0, 0.1) is 0 Å². The number of para-hydroxylation sites is 1. The van der Waals surface area contributed by atoms with E-state index in [0.717, 1.165) is 30.0 Å². The van der Waals surface area contributed by atoms with Crippen molar-refractivity contribution in [2.24, 2.45) is 0 Å². The Morgan fingerprint density at radius 1 is 1.00 bits per heavy atom. The fourth-order valence-electron chi connectivity index (χ4n) is 3.42. The van der Waals surface area contributed by atoms with E-state index in [2.05, 4.69) is 36.0 Å². The third kappa shape index (κ3) is 4.50. The summed E-state index contributed by atoms with van der Waals surface area (Å²) in [6.45, 7) is 10.9. The minimum absolute atomic E-state index is 0.0663. The summed E-state index contributed by atoms with van der Waals surface area (Å²) in [6.07, 6.45) is 1.73. The fraction of sp³-hybridized carbons (Fsp3) is 0.409. The number of benzene rings is 1. The van der Waals surface area contributed by atoms with Gasteiger partial charge in [-0.2, -0.15) is 0 Å². The lowest BCUT2D eigenvalue weighted by molar-refractivity contribution is -0.129. The van der Waals surface area contributed by atoms with E-state index in [9.17, 15) is 9.59 Å². The summed E-state index contributed by atoms with van der Waals surface area (Å²) >= 11 is 0. The number of piperazine rings is 1. The van der Waals surface area contributed by atoms with E-state index in [1.165, 1.54) is 0 Å². The second kappa shape index (κ2) is 8.00. The number of hydrogen-bond donors (Lipinski definition) is 1. The summed E-state index contributed by atoms with van der Waals surface area (Å²) in [7, 11) is 0. The van der Waals surface area contributed by atoms with Gasteiger partial charge in [0.05, 0.1) is 11.9 Å². The average Bonchev–Trinajstić information content (AvgIpc) is 2.68. The predicted molar refractivity (Wildman–Crippen MR) is 112 cm³/mol. The number of rotatable bonds is 3. The third-order valence-corrected chi connectivity index (χ3v) is 5.05. The lowest BCUT2D eigenvalue weighted by atomic mass is 9.86. The van der Waals surface area contributed by atoms with Gasteiger partial charge in [0.15, 0.2) is 0 Å². The van der Waals surface area contributed by atoms with Crippen LogP contribution in [0.4, 0.5) is 11.4 Å². The maximum Gasteiger partial charge on any atom is 0.274 e. The van der Waals surface area contributed by atoms with Crippen LogP contribution in [0.1, 0.15) is 43.7 Å². The number of nitrogens with zero attached hydrogens (tertiary/aromatic N) is 3. The molecule has 0 saturated carbocycles. The SMILES string of the molecule is CC(=O)N1CCN(c2ccc(C(=O)Nc3ccccc3C(C)(C)C)nc2)CC1. The Balaban J connectivity index is 1.68. The molecule has 0 aliphatic carbocycles. The van der Waals surface area contributed by atoms with Crippen LogP contribution in [0.2, 0.25) is 0 Å². The largest absolute Gasteiger partial charge is 0.367 e. The van der Waals surface area contributed by atoms with Crippen molar-refractivity contribution in [3.05, 3.63) is 53.9 Å². The zero-order valence-electron chi connectivity index (χ0n) is 17.0. The average molecular weight is 380 g/mol. The second-order valence-electron chi connectivity index (χ2n) is 8.14. The third-order valence-electron chi connectivity index (χ3n) is 5.05. The van der Waals surface area contributed by atoms with Gasteiger partial charge in [0.1, 0.15) is 5.69 Å². The molecule has 1 saturated heterocycles. The van der Waals surface area contributed by atoms with E-state index in [1.807, 2.05) is 35.2 Å². The van der Waals surface area contributed by atoms with Crippen LogP contribution in [-0.4, -0.2) is 47.9 Å². The molecule has 0 bridgehead atoms. The van der Waals surface area contributed by atoms with Crippen molar-refractivity contribution >= 4 is 23.2 Å². The van der Waals surface area contributed by atoms with Gasteiger partial charge >= 0.3 is 0 Å². The Morgan fingerprint density at radius 3 is 2.25 bits per heavy atom. The highest BCUT2D eigenvalue weighted by Gasteiger charge is 2.21. The van der Waals surface area contributed by atoms with Gasteiger partial charge in [0.25, 0.3) is 5.91 Å². The van der Waals surface area contributed by atoms with Crippen molar-refractivity contribution < 1.29 is 9.59 Å². The monoisotopic (exact) mass is 380 g/mol. The van der Waals surface area contributed by atoms with Gasteiger partial charge in [-0.3, -0.25) is 9.59 Å². The molecule has 2 amide bonds. The van der Waals surface area contributed by atoms with E-state index in [4.69, 9.17) is 0 Å². The van der Waals surface area contributed by atoms with Crippen LogP contribution in [0.3, 0.4) is 0 Å². The lowest BCUT2D eigenvalue weighted by Gasteiger charge is -2.35. The van der Waals surface area contributed by atoms with Crippen LogP contribution < -0.4 is 10.2 Å². The zero-order valence-corrected chi connectivity index (χ0v) is 17.0. The molecule has 1 aliphatic heterocycles. The first-order valence-electron chi connectivity index (χ1n) is 9.63. The van der Waals surface area contributed by atoms with E-state index in [1.54, 1.807) is 19.2 Å². The first-order valence-corrected chi connectivity index (χ1v) is 9.63. The lowest BCUT2D eigenvalue weighted by Crippen LogP contribution is -2.48. The molecular weight excluding hydrogens is 352 g/mol. The summed E-state index contributed by atoms with van der Waals surface area (Å²) < 4.78 is 0. The van der Waals surface area contributed by atoms with Crippen LogP contribution >= 0.6 is 0 Å². The molecule has 2 heterocycles. The molecule has 2 aromatic rings. The van der Waals surface area contributed by atoms with Crippen LogP contribution in [-0.2, 0) is 10.2 Å². The molecule has 0 spiro atoms. The molecule has 1 aliphatic rings. The fourth-order valence-corrected chi connectivity index (χ4v) is 3.42. The molecule has 148 valence electrons. The Hall–Kier alpha value is -2.89. The standard InChI is InChI=1S/C22H28N4O2/c1-16(27)25-11-13-26(14-12-25)17-9-10-20(23-15-17)21(28)24-19-8-6-5-7-18(19)22(2,3)4/h5-10,15H,11-14H2,1-4H3,(H,24,28). The Morgan fingerprint density at radius 2 is 1.68 bits per heavy atom. The summed E-state index contributed by atoms with van der Waals surface area (Å²) in [5, 5.41) is 2.99. The second-order valence-corrected chi connectivity index (χ2v) is 8.14. The van der Waals surface area contributed by atoms with Crippen LogP contribution in [0.25, 0.3) is 0 Å². The molecule has 1 N–H and O–H groups in total. The topological polar surface area (TPSA) is 65.5 Å². The van der Waals surface area contributed by atoms with Crippen molar-refractivity contribution in [1.29, 1.82) is 0 Å². The minimum Gasteiger partial charge on any atom is -0.367 e. The Kier molecular flexibility index (Phi) is 5.68. The summed E-state index contributed by atoms with van der Waals surface area (Å²) in [5.41, 5.74) is 3.18.